The number of anilines is 2. The number of ether oxygens (including phenoxy) is 1. The van der Waals surface area contributed by atoms with Crippen molar-refractivity contribution in [2.75, 3.05) is 23.8 Å². The van der Waals surface area contributed by atoms with Gasteiger partial charge in [0.05, 0.1) is 13.2 Å². The third-order valence-electron chi connectivity index (χ3n) is 4.15. The summed E-state index contributed by atoms with van der Waals surface area (Å²) in [5.74, 6) is 1.42. The van der Waals surface area contributed by atoms with Crippen molar-refractivity contribution >= 4 is 17.3 Å². The van der Waals surface area contributed by atoms with Gasteiger partial charge in [0.1, 0.15) is 5.75 Å². The predicted octanol–water partition coefficient (Wildman–Crippen LogP) is 4.78. The summed E-state index contributed by atoms with van der Waals surface area (Å²) in [6.45, 7) is 9.35. The highest BCUT2D eigenvalue weighted by Gasteiger charge is 2.06. The Morgan fingerprint density at radius 2 is 1.80 bits per heavy atom. The predicted molar refractivity (Wildman–Crippen MR) is 104 cm³/mol. The van der Waals surface area contributed by atoms with E-state index < -0.39 is 0 Å². The smallest absolute Gasteiger partial charge is 0.243 e. The molecule has 0 atom stereocenters. The summed E-state index contributed by atoms with van der Waals surface area (Å²) in [5.41, 5.74) is 4.02. The molecule has 25 heavy (non-hydrogen) atoms. The highest BCUT2D eigenvalue weighted by molar-refractivity contribution is 5.94. The molecule has 2 rings (SSSR count). The molecule has 0 unspecified atom stereocenters. The summed E-state index contributed by atoms with van der Waals surface area (Å²) in [5, 5.41) is 6.08. The molecule has 4 nitrogen and oxygen atoms in total. The Morgan fingerprint density at radius 3 is 2.48 bits per heavy atom. The quantitative estimate of drug-likeness (QED) is 0.727. The van der Waals surface area contributed by atoms with Crippen LogP contribution >= 0.6 is 0 Å². The summed E-state index contributed by atoms with van der Waals surface area (Å²) in [6, 6.07) is 13.6. The van der Waals surface area contributed by atoms with E-state index in [1.54, 1.807) is 0 Å². The van der Waals surface area contributed by atoms with Gasteiger partial charge in [0.15, 0.2) is 0 Å². The summed E-state index contributed by atoms with van der Waals surface area (Å²) in [6.07, 6.45) is 1.04. The molecule has 4 heteroatoms. The lowest BCUT2D eigenvalue weighted by molar-refractivity contribution is -0.114. The maximum Gasteiger partial charge on any atom is 0.243 e. The molecule has 0 aliphatic heterocycles. The van der Waals surface area contributed by atoms with Crippen LogP contribution in [0.3, 0.4) is 0 Å². The van der Waals surface area contributed by atoms with Gasteiger partial charge in [-0.3, -0.25) is 4.79 Å². The molecule has 2 N–H and O–H groups in total. The molecular weight excluding hydrogens is 312 g/mol. The van der Waals surface area contributed by atoms with E-state index >= 15 is 0 Å². The van der Waals surface area contributed by atoms with Gasteiger partial charge in [-0.05, 0) is 67.6 Å². The van der Waals surface area contributed by atoms with Crippen LogP contribution in [0.2, 0.25) is 0 Å². The number of carbonyl (C=O) groups is 1. The summed E-state index contributed by atoms with van der Waals surface area (Å²) < 4.78 is 5.69. The largest absolute Gasteiger partial charge is 0.494 e. The molecule has 0 spiro atoms. The van der Waals surface area contributed by atoms with Crippen molar-refractivity contribution in [3.05, 3.63) is 53.6 Å². The van der Waals surface area contributed by atoms with E-state index in [4.69, 9.17) is 4.74 Å². The fraction of sp³-hybridized carbons (Fsp3) is 0.381. The van der Waals surface area contributed by atoms with E-state index in [1.807, 2.05) is 56.3 Å². The average molecular weight is 340 g/mol. The molecule has 0 radical (unpaired) electrons. The Morgan fingerprint density at radius 1 is 1.08 bits per heavy atom. The highest BCUT2D eigenvalue weighted by atomic mass is 16.5. The van der Waals surface area contributed by atoms with Crippen LogP contribution in [0.4, 0.5) is 11.4 Å². The minimum Gasteiger partial charge on any atom is -0.494 e. The molecule has 0 saturated heterocycles. The second-order valence-electron chi connectivity index (χ2n) is 6.70. The fourth-order valence-electron chi connectivity index (χ4n) is 2.34. The second kappa shape index (κ2) is 9.11. The van der Waals surface area contributed by atoms with Gasteiger partial charge >= 0.3 is 0 Å². The Hall–Kier alpha value is -2.49. The van der Waals surface area contributed by atoms with Crippen LogP contribution in [0.15, 0.2) is 42.5 Å². The first kappa shape index (κ1) is 18.8. The molecule has 0 aliphatic rings. The van der Waals surface area contributed by atoms with E-state index in [-0.39, 0.29) is 12.5 Å². The number of nitrogens with one attached hydrogen (secondary N) is 2. The first-order chi connectivity index (χ1) is 12.0. The molecule has 0 bridgehead atoms. The zero-order valence-corrected chi connectivity index (χ0v) is 15.6. The zero-order chi connectivity index (χ0) is 18.2. The van der Waals surface area contributed by atoms with Gasteiger partial charge in [0, 0.05) is 11.4 Å². The summed E-state index contributed by atoms with van der Waals surface area (Å²) in [4.78, 5) is 12.1. The molecule has 0 saturated carbocycles. The van der Waals surface area contributed by atoms with Gasteiger partial charge in [-0.25, -0.2) is 0 Å². The lowest BCUT2D eigenvalue weighted by Gasteiger charge is -2.12. The molecule has 0 heterocycles. The maximum atomic E-state index is 12.1. The van der Waals surface area contributed by atoms with Gasteiger partial charge < -0.3 is 15.4 Å². The Bertz CT molecular complexity index is 694. The number of benzene rings is 2. The second-order valence-corrected chi connectivity index (χ2v) is 6.70. The lowest BCUT2D eigenvalue weighted by atomic mass is 10.1. The van der Waals surface area contributed by atoms with Crippen molar-refractivity contribution < 1.29 is 9.53 Å². The normalized spacial score (nSPS) is 10.6. The number of hydrogen-bond donors (Lipinski definition) is 2. The van der Waals surface area contributed by atoms with Crippen LogP contribution in [0.5, 0.6) is 5.75 Å². The molecule has 1 amide bonds. The lowest BCUT2D eigenvalue weighted by Crippen LogP contribution is -2.22. The van der Waals surface area contributed by atoms with Crippen molar-refractivity contribution in [2.24, 2.45) is 5.92 Å². The van der Waals surface area contributed by atoms with Crippen molar-refractivity contribution in [1.82, 2.24) is 0 Å². The van der Waals surface area contributed by atoms with Crippen LogP contribution in [0.25, 0.3) is 0 Å². The number of amides is 1. The molecule has 0 fully saturated rings. The van der Waals surface area contributed by atoms with Crippen LogP contribution < -0.4 is 15.4 Å². The average Bonchev–Trinajstić information content (AvgIpc) is 2.58. The van der Waals surface area contributed by atoms with E-state index in [9.17, 15) is 4.79 Å². The third-order valence-corrected chi connectivity index (χ3v) is 4.15. The Kier molecular flexibility index (Phi) is 6.87. The molecule has 134 valence electrons. The standard InChI is InChI=1S/C21H28N2O2/c1-15(2)12-13-25-19-10-8-18(9-11-19)22-14-21(24)23-20-7-5-6-16(3)17(20)4/h5-11,15,22H,12-14H2,1-4H3,(H,23,24). The molecule has 2 aromatic rings. The number of aryl methyl sites for hydroxylation is 1. The van der Waals surface area contributed by atoms with Gasteiger partial charge in [0.2, 0.25) is 5.91 Å². The topological polar surface area (TPSA) is 50.4 Å². The van der Waals surface area contributed by atoms with Crippen molar-refractivity contribution in [2.45, 2.75) is 34.1 Å². The molecule has 2 aromatic carbocycles. The highest BCUT2D eigenvalue weighted by Crippen LogP contribution is 2.18. The summed E-state index contributed by atoms with van der Waals surface area (Å²) in [7, 11) is 0. The molecule has 0 aromatic heterocycles. The van der Waals surface area contributed by atoms with Crippen molar-refractivity contribution in [1.29, 1.82) is 0 Å². The van der Waals surface area contributed by atoms with Crippen molar-refractivity contribution in [3.8, 4) is 5.75 Å². The molecular formula is C21H28N2O2. The van der Waals surface area contributed by atoms with Crippen LogP contribution in [-0.2, 0) is 4.79 Å². The monoisotopic (exact) mass is 340 g/mol. The Balaban J connectivity index is 1.80. The fourth-order valence-corrected chi connectivity index (χ4v) is 2.34. The van der Waals surface area contributed by atoms with E-state index in [0.29, 0.717) is 5.92 Å². The van der Waals surface area contributed by atoms with Crippen LogP contribution in [0, 0.1) is 19.8 Å². The number of rotatable bonds is 8. The molecule has 0 aliphatic carbocycles. The minimum atomic E-state index is -0.0639. The van der Waals surface area contributed by atoms with E-state index in [1.165, 1.54) is 5.56 Å². The van der Waals surface area contributed by atoms with E-state index in [0.717, 1.165) is 35.7 Å². The van der Waals surface area contributed by atoms with Gasteiger partial charge in [0.25, 0.3) is 0 Å². The van der Waals surface area contributed by atoms with Crippen LogP contribution in [-0.4, -0.2) is 19.1 Å². The number of carbonyl (C=O) groups excluding carboxylic acids is 1. The first-order valence-electron chi connectivity index (χ1n) is 8.78. The van der Waals surface area contributed by atoms with Crippen LogP contribution in [0.1, 0.15) is 31.4 Å². The zero-order valence-electron chi connectivity index (χ0n) is 15.6. The minimum absolute atomic E-state index is 0.0639. The van der Waals surface area contributed by atoms with Gasteiger partial charge in [-0.1, -0.05) is 26.0 Å². The van der Waals surface area contributed by atoms with Gasteiger partial charge in [-0.2, -0.15) is 0 Å². The first-order valence-corrected chi connectivity index (χ1v) is 8.78. The third kappa shape index (κ3) is 6.14. The van der Waals surface area contributed by atoms with Gasteiger partial charge in [-0.15, -0.1) is 0 Å². The Labute approximate surface area is 150 Å². The summed E-state index contributed by atoms with van der Waals surface area (Å²) >= 11 is 0. The maximum absolute atomic E-state index is 12.1. The van der Waals surface area contributed by atoms with Crippen molar-refractivity contribution in [3.63, 3.8) is 0 Å². The van der Waals surface area contributed by atoms with E-state index in [2.05, 4.69) is 24.5 Å². The number of hydrogen-bond acceptors (Lipinski definition) is 3. The SMILES string of the molecule is Cc1cccc(NC(=O)CNc2ccc(OCCC(C)C)cc2)c1C.